The lowest BCUT2D eigenvalue weighted by atomic mass is 10.2. The average Bonchev–Trinajstić information content (AvgIpc) is 2.29. The number of aryl methyl sites for hydroxylation is 1. The van der Waals surface area contributed by atoms with Gasteiger partial charge in [0.1, 0.15) is 0 Å². The maximum atomic E-state index is 11.9. The topological polar surface area (TPSA) is 40.6 Å². The van der Waals surface area contributed by atoms with Crippen molar-refractivity contribution in [2.24, 2.45) is 0 Å². The first kappa shape index (κ1) is 11.9. The van der Waals surface area contributed by atoms with E-state index in [-0.39, 0.29) is 11.9 Å². The summed E-state index contributed by atoms with van der Waals surface area (Å²) in [6.45, 7) is 2.34. The molecule has 0 bridgehead atoms. The van der Waals surface area contributed by atoms with Crippen molar-refractivity contribution in [2.45, 2.75) is 13.3 Å². The summed E-state index contributed by atoms with van der Waals surface area (Å²) in [7, 11) is 1.68. The molecule has 1 aromatic rings. The number of benzene rings is 1. The summed E-state index contributed by atoms with van der Waals surface area (Å²) < 4.78 is 0. The molecular formula is C12H13ClN2O2. The van der Waals surface area contributed by atoms with E-state index in [2.05, 4.69) is 0 Å². The van der Waals surface area contributed by atoms with Crippen molar-refractivity contribution < 1.29 is 9.59 Å². The highest BCUT2D eigenvalue weighted by Crippen LogP contribution is 2.25. The molecule has 0 spiro atoms. The quantitative estimate of drug-likeness (QED) is 0.770. The fraction of sp³-hybridized carbons (Fsp3) is 0.333. The maximum absolute atomic E-state index is 11.9. The predicted octanol–water partition coefficient (Wildman–Crippen LogP) is 2.44. The summed E-state index contributed by atoms with van der Waals surface area (Å²) in [6, 6.07) is 4.87. The van der Waals surface area contributed by atoms with Gasteiger partial charge in [-0.25, -0.2) is 9.69 Å². The summed E-state index contributed by atoms with van der Waals surface area (Å²) in [6.07, 6.45) is 0.341. The second kappa shape index (κ2) is 4.37. The zero-order chi connectivity index (χ0) is 12.6. The highest BCUT2D eigenvalue weighted by Gasteiger charge is 2.31. The molecular weight excluding hydrogens is 240 g/mol. The summed E-state index contributed by atoms with van der Waals surface area (Å²) in [5.74, 6) is -0.187. The molecule has 1 aromatic carbocycles. The number of urea groups is 1. The Balaban J connectivity index is 2.39. The van der Waals surface area contributed by atoms with E-state index in [4.69, 9.17) is 11.6 Å². The van der Waals surface area contributed by atoms with Crippen LogP contribution in [0.2, 0.25) is 5.02 Å². The average molecular weight is 253 g/mol. The lowest BCUT2D eigenvalue weighted by Crippen LogP contribution is -2.50. The van der Waals surface area contributed by atoms with Gasteiger partial charge in [-0.05, 0) is 24.6 Å². The molecule has 0 aromatic heterocycles. The largest absolute Gasteiger partial charge is 0.331 e. The zero-order valence-corrected chi connectivity index (χ0v) is 10.5. The molecule has 0 saturated carbocycles. The van der Waals surface area contributed by atoms with E-state index in [9.17, 15) is 9.59 Å². The van der Waals surface area contributed by atoms with Crippen molar-refractivity contribution in [3.63, 3.8) is 0 Å². The van der Waals surface area contributed by atoms with Crippen LogP contribution >= 0.6 is 11.6 Å². The maximum Gasteiger partial charge on any atom is 0.331 e. The van der Waals surface area contributed by atoms with Crippen LogP contribution in [0.3, 0.4) is 0 Å². The normalized spacial score (nSPS) is 16.6. The van der Waals surface area contributed by atoms with Crippen LogP contribution in [0.25, 0.3) is 0 Å². The van der Waals surface area contributed by atoms with Crippen LogP contribution in [0.1, 0.15) is 12.0 Å². The second-order valence-corrected chi connectivity index (χ2v) is 4.52. The lowest BCUT2D eigenvalue weighted by molar-refractivity contribution is -0.119. The second-order valence-electron chi connectivity index (χ2n) is 4.12. The van der Waals surface area contributed by atoms with Gasteiger partial charge in [-0.15, -0.1) is 0 Å². The lowest BCUT2D eigenvalue weighted by Gasteiger charge is -2.31. The van der Waals surface area contributed by atoms with E-state index in [0.717, 1.165) is 5.56 Å². The molecule has 17 heavy (non-hydrogen) atoms. The molecule has 0 radical (unpaired) electrons. The van der Waals surface area contributed by atoms with Gasteiger partial charge in [-0.2, -0.15) is 0 Å². The van der Waals surface area contributed by atoms with Crippen LogP contribution in [-0.4, -0.2) is 30.4 Å². The van der Waals surface area contributed by atoms with Gasteiger partial charge in [0.15, 0.2) is 0 Å². The first-order valence-electron chi connectivity index (χ1n) is 5.35. The molecule has 1 saturated heterocycles. The number of nitrogens with zero attached hydrogens (tertiary/aromatic N) is 2. The monoisotopic (exact) mass is 252 g/mol. The third-order valence-corrected chi connectivity index (χ3v) is 3.25. The van der Waals surface area contributed by atoms with Gasteiger partial charge >= 0.3 is 6.03 Å². The number of amides is 3. The summed E-state index contributed by atoms with van der Waals surface area (Å²) in [5.41, 5.74) is 1.45. The van der Waals surface area contributed by atoms with Crippen LogP contribution in [-0.2, 0) is 4.79 Å². The molecule has 1 fully saturated rings. The molecule has 0 aliphatic carbocycles. The number of halogens is 1. The van der Waals surface area contributed by atoms with Crippen LogP contribution in [0.5, 0.6) is 0 Å². The summed E-state index contributed by atoms with van der Waals surface area (Å²) >= 11 is 6.00. The van der Waals surface area contributed by atoms with Gasteiger partial charge < -0.3 is 4.90 Å². The molecule has 1 aliphatic heterocycles. The number of hydrogen-bond donors (Lipinski definition) is 0. The van der Waals surface area contributed by atoms with Crippen LogP contribution in [0.4, 0.5) is 10.5 Å². The smallest absolute Gasteiger partial charge is 0.327 e. The predicted molar refractivity (Wildman–Crippen MR) is 66.3 cm³/mol. The van der Waals surface area contributed by atoms with Crippen molar-refractivity contribution in [2.75, 3.05) is 18.5 Å². The number of imide groups is 1. The Kier molecular flexibility index (Phi) is 3.07. The molecule has 2 rings (SSSR count). The Morgan fingerprint density at radius 3 is 2.65 bits per heavy atom. The summed E-state index contributed by atoms with van der Waals surface area (Å²) in [4.78, 5) is 26.4. The number of hydrogen-bond acceptors (Lipinski definition) is 2. The Labute approximate surface area is 105 Å². The molecule has 0 atom stereocenters. The number of anilines is 1. The first-order chi connectivity index (χ1) is 8.00. The Hall–Kier alpha value is -1.55. The highest BCUT2D eigenvalue weighted by molar-refractivity contribution is 6.32. The standard InChI is InChI=1S/C12H13ClN2O2/c1-8-3-4-9(7-10(8)13)15-11(16)5-6-14(2)12(15)17/h3-4,7H,5-6H2,1-2H3. The van der Waals surface area contributed by atoms with Crippen molar-refractivity contribution >= 4 is 29.2 Å². The number of carbonyl (C=O) groups excluding carboxylic acids is 2. The van der Waals surface area contributed by atoms with E-state index < -0.39 is 0 Å². The summed E-state index contributed by atoms with van der Waals surface area (Å²) in [5, 5.41) is 0.552. The fourth-order valence-electron chi connectivity index (χ4n) is 1.72. The molecule has 3 amide bonds. The Morgan fingerprint density at radius 1 is 1.29 bits per heavy atom. The Bertz CT molecular complexity index is 487. The molecule has 5 heteroatoms. The minimum Gasteiger partial charge on any atom is -0.327 e. The molecule has 1 aliphatic rings. The molecule has 4 nitrogen and oxygen atoms in total. The number of carbonyl (C=O) groups is 2. The third-order valence-electron chi connectivity index (χ3n) is 2.84. The first-order valence-corrected chi connectivity index (χ1v) is 5.72. The highest BCUT2D eigenvalue weighted by atomic mass is 35.5. The third kappa shape index (κ3) is 2.13. The zero-order valence-electron chi connectivity index (χ0n) is 9.74. The van der Waals surface area contributed by atoms with E-state index in [0.29, 0.717) is 23.7 Å². The van der Waals surface area contributed by atoms with Crippen molar-refractivity contribution in [1.82, 2.24) is 4.90 Å². The Morgan fingerprint density at radius 2 is 2.00 bits per heavy atom. The minimum absolute atomic E-state index is 0.187. The minimum atomic E-state index is -0.304. The van der Waals surface area contributed by atoms with Crippen molar-refractivity contribution in [1.29, 1.82) is 0 Å². The van der Waals surface area contributed by atoms with Gasteiger partial charge in [0, 0.05) is 25.0 Å². The van der Waals surface area contributed by atoms with Gasteiger partial charge in [-0.3, -0.25) is 4.79 Å². The van der Waals surface area contributed by atoms with Gasteiger partial charge in [0.05, 0.1) is 5.69 Å². The van der Waals surface area contributed by atoms with Gasteiger partial charge in [0.25, 0.3) is 0 Å². The van der Waals surface area contributed by atoms with Gasteiger partial charge in [0.2, 0.25) is 5.91 Å². The van der Waals surface area contributed by atoms with Crippen LogP contribution < -0.4 is 4.90 Å². The fourth-order valence-corrected chi connectivity index (χ4v) is 1.90. The van der Waals surface area contributed by atoms with E-state index in [1.807, 2.05) is 6.92 Å². The van der Waals surface area contributed by atoms with Crippen LogP contribution in [0, 0.1) is 6.92 Å². The molecule has 90 valence electrons. The van der Waals surface area contributed by atoms with E-state index in [1.165, 1.54) is 9.80 Å². The van der Waals surface area contributed by atoms with Crippen molar-refractivity contribution in [3.8, 4) is 0 Å². The van der Waals surface area contributed by atoms with E-state index in [1.54, 1.807) is 25.2 Å². The van der Waals surface area contributed by atoms with Crippen molar-refractivity contribution in [3.05, 3.63) is 28.8 Å². The van der Waals surface area contributed by atoms with E-state index >= 15 is 0 Å². The molecule has 0 N–H and O–H groups in total. The van der Waals surface area contributed by atoms with Gasteiger partial charge in [-0.1, -0.05) is 17.7 Å². The SMILES string of the molecule is Cc1ccc(N2C(=O)CCN(C)C2=O)cc1Cl. The molecule has 0 unspecified atom stereocenters. The van der Waals surface area contributed by atoms with Crippen LogP contribution in [0.15, 0.2) is 18.2 Å². The number of rotatable bonds is 1. The molecule has 1 heterocycles.